The number of hydrogen-bond donors (Lipinski definition) is 0. The molecule has 0 unspecified atom stereocenters. The molecule has 29 heavy (non-hydrogen) atoms. The topological polar surface area (TPSA) is 74.2 Å². The number of methoxy groups -OCH3 is 2. The van der Waals surface area contributed by atoms with Crippen molar-refractivity contribution in [2.45, 2.75) is 46.5 Å². The summed E-state index contributed by atoms with van der Waals surface area (Å²) in [6, 6.07) is 1.69. The van der Waals surface area contributed by atoms with Gasteiger partial charge in [-0.15, -0.1) is 0 Å². The molecule has 1 aromatic rings. The van der Waals surface area contributed by atoms with E-state index in [2.05, 4.69) is 12.1 Å². The van der Waals surface area contributed by atoms with E-state index in [4.69, 9.17) is 14.3 Å². The highest BCUT2D eigenvalue weighted by molar-refractivity contribution is 6.25. The molecule has 156 valence electrons. The number of nitrogens with zero attached hydrogens (tertiary/aromatic N) is 1. The maximum absolute atomic E-state index is 12.6. The first-order valence-electron chi connectivity index (χ1n) is 9.82. The van der Waals surface area contributed by atoms with Gasteiger partial charge < -0.3 is 14.3 Å². The van der Waals surface area contributed by atoms with Crippen LogP contribution in [-0.2, 0) is 4.84 Å². The minimum atomic E-state index is -0.304. The van der Waals surface area contributed by atoms with Gasteiger partial charge in [0.2, 0.25) is 0 Å². The number of fused-ring (bicyclic) bond motifs is 1. The molecular formula is C23H29NO5. The van der Waals surface area contributed by atoms with Crippen molar-refractivity contribution in [2.75, 3.05) is 20.8 Å². The van der Waals surface area contributed by atoms with Gasteiger partial charge >= 0.3 is 0 Å². The van der Waals surface area contributed by atoms with E-state index in [-0.39, 0.29) is 22.7 Å². The average molecular weight is 399 g/mol. The van der Waals surface area contributed by atoms with E-state index in [9.17, 15) is 9.59 Å². The number of ketones is 2. The first-order chi connectivity index (χ1) is 13.9. The van der Waals surface area contributed by atoms with Crippen LogP contribution in [0.1, 0.15) is 72.7 Å². The molecule has 1 aliphatic carbocycles. The molecule has 6 nitrogen and oxygen atoms in total. The Morgan fingerprint density at radius 3 is 2.31 bits per heavy atom. The molecule has 6 heteroatoms. The van der Waals surface area contributed by atoms with E-state index < -0.39 is 0 Å². The Balaban J connectivity index is 2.59. The van der Waals surface area contributed by atoms with Gasteiger partial charge in [0, 0.05) is 12.0 Å². The largest absolute Gasteiger partial charge is 0.496 e. The van der Waals surface area contributed by atoms with Crippen molar-refractivity contribution >= 4 is 17.3 Å². The van der Waals surface area contributed by atoms with Crippen LogP contribution < -0.4 is 9.47 Å². The number of hydrogen-bond acceptors (Lipinski definition) is 6. The minimum absolute atomic E-state index is 0.199. The fraction of sp³-hybridized carbons (Fsp3) is 0.435. The predicted octanol–water partition coefficient (Wildman–Crippen LogP) is 4.91. The molecule has 0 saturated heterocycles. The number of rotatable bonds is 10. The lowest BCUT2D eigenvalue weighted by molar-refractivity contribution is 0.0989. The van der Waals surface area contributed by atoms with Gasteiger partial charge in [-0.25, -0.2) is 0 Å². The standard InChI is InChI=1S/C23H29NO5/c1-6-7-8-13-29-24-17(10-9-15(2)3)16-14-20(27-4)21-18(25)11-12-19(26)22(21)23(16)28-5/h9,11-12,14H,6-8,10,13H2,1-5H3. The number of carbonyl (C=O) groups excluding carboxylic acids is 2. The van der Waals surface area contributed by atoms with Crippen molar-refractivity contribution in [3.63, 3.8) is 0 Å². The van der Waals surface area contributed by atoms with Gasteiger partial charge in [0.05, 0.1) is 31.1 Å². The summed E-state index contributed by atoms with van der Waals surface area (Å²) in [5.74, 6) is 0.0258. The summed E-state index contributed by atoms with van der Waals surface area (Å²) in [5.41, 5.74) is 2.72. The van der Waals surface area contributed by atoms with Gasteiger partial charge in [0.25, 0.3) is 0 Å². The van der Waals surface area contributed by atoms with Crippen molar-refractivity contribution in [2.24, 2.45) is 5.16 Å². The highest BCUT2D eigenvalue weighted by atomic mass is 16.6. The summed E-state index contributed by atoms with van der Waals surface area (Å²) >= 11 is 0. The summed E-state index contributed by atoms with van der Waals surface area (Å²) in [7, 11) is 2.94. The molecule has 1 aliphatic rings. The number of unbranched alkanes of at least 4 members (excludes halogenated alkanes) is 2. The van der Waals surface area contributed by atoms with E-state index in [1.807, 2.05) is 19.9 Å². The van der Waals surface area contributed by atoms with Crippen molar-refractivity contribution in [3.05, 3.63) is 46.6 Å². The van der Waals surface area contributed by atoms with E-state index in [0.29, 0.717) is 35.8 Å². The number of benzene rings is 1. The lowest BCUT2D eigenvalue weighted by Gasteiger charge is -2.20. The van der Waals surface area contributed by atoms with Crippen LogP contribution in [0.2, 0.25) is 0 Å². The van der Waals surface area contributed by atoms with Gasteiger partial charge in [-0.2, -0.15) is 0 Å². The molecule has 0 aromatic heterocycles. The van der Waals surface area contributed by atoms with Crippen LogP contribution in [0, 0.1) is 0 Å². The Hall–Kier alpha value is -2.89. The molecule has 0 bridgehead atoms. The summed E-state index contributed by atoms with van der Waals surface area (Å²) in [5, 5.41) is 4.34. The zero-order valence-electron chi connectivity index (χ0n) is 17.8. The Kier molecular flexibility index (Phi) is 8.19. The van der Waals surface area contributed by atoms with Gasteiger partial charge in [-0.05, 0) is 38.5 Å². The van der Waals surface area contributed by atoms with Crippen LogP contribution in [0.5, 0.6) is 11.5 Å². The third kappa shape index (κ3) is 5.34. The first-order valence-corrected chi connectivity index (χ1v) is 9.82. The Labute approximate surface area is 172 Å². The van der Waals surface area contributed by atoms with Gasteiger partial charge in [-0.1, -0.05) is 36.6 Å². The quantitative estimate of drug-likeness (QED) is 0.242. The van der Waals surface area contributed by atoms with Gasteiger partial charge in [0.1, 0.15) is 18.1 Å². The van der Waals surface area contributed by atoms with Crippen LogP contribution in [0.15, 0.2) is 35.0 Å². The van der Waals surface area contributed by atoms with Crippen LogP contribution >= 0.6 is 0 Å². The monoisotopic (exact) mass is 399 g/mol. The Morgan fingerprint density at radius 2 is 1.72 bits per heavy atom. The van der Waals surface area contributed by atoms with Gasteiger partial charge in [-0.3, -0.25) is 9.59 Å². The summed E-state index contributed by atoms with van der Waals surface area (Å²) in [6.07, 6.45) is 8.10. The van der Waals surface area contributed by atoms with Crippen LogP contribution in [0.3, 0.4) is 0 Å². The highest BCUT2D eigenvalue weighted by Gasteiger charge is 2.31. The van der Waals surface area contributed by atoms with Crippen LogP contribution in [-0.4, -0.2) is 38.1 Å². The zero-order valence-corrected chi connectivity index (χ0v) is 17.8. The maximum Gasteiger partial charge on any atom is 0.190 e. The molecule has 0 saturated carbocycles. The zero-order chi connectivity index (χ0) is 21.4. The van der Waals surface area contributed by atoms with E-state index in [1.54, 1.807) is 6.07 Å². The highest BCUT2D eigenvalue weighted by Crippen LogP contribution is 2.38. The Bertz CT molecular complexity index is 861. The van der Waals surface area contributed by atoms with Crippen molar-refractivity contribution < 1.29 is 23.9 Å². The van der Waals surface area contributed by atoms with Crippen LogP contribution in [0.25, 0.3) is 0 Å². The van der Waals surface area contributed by atoms with Crippen molar-refractivity contribution in [3.8, 4) is 11.5 Å². The number of ether oxygens (including phenoxy) is 2. The predicted molar refractivity (Wildman–Crippen MR) is 113 cm³/mol. The first kappa shape index (κ1) is 22.4. The molecular weight excluding hydrogens is 370 g/mol. The second-order valence-electron chi connectivity index (χ2n) is 7.04. The third-order valence-electron chi connectivity index (χ3n) is 4.57. The maximum atomic E-state index is 12.6. The fourth-order valence-corrected chi connectivity index (χ4v) is 3.06. The number of oxime groups is 1. The summed E-state index contributed by atoms with van der Waals surface area (Å²) in [6.45, 7) is 6.63. The smallest absolute Gasteiger partial charge is 0.190 e. The number of carbonyl (C=O) groups is 2. The minimum Gasteiger partial charge on any atom is -0.496 e. The SMILES string of the molecule is CCCCCON=C(CC=C(C)C)c1cc(OC)c2c(c1OC)C(=O)C=CC2=O. The second kappa shape index (κ2) is 10.6. The lowest BCUT2D eigenvalue weighted by Crippen LogP contribution is -2.18. The Morgan fingerprint density at radius 1 is 1.03 bits per heavy atom. The van der Waals surface area contributed by atoms with E-state index in [1.165, 1.54) is 26.4 Å². The lowest BCUT2D eigenvalue weighted by atomic mass is 9.89. The van der Waals surface area contributed by atoms with Gasteiger partial charge in [0.15, 0.2) is 11.6 Å². The molecule has 0 radical (unpaired) electrons. The molecule has 0 N–H and O–H groups in total. The molecule has 0 atom stereocenters. The summed E-state index contributed by atoms with van der Waals surface area (Å²) in [4.78, 5) is 30.5. The molecule has 0 aliphatic heterocycles. The second-order valence-corrected chi connectivity index (χ2v) is 7.04. The van der Waals surface area contributed by atoms with E-state index in [0.717, 1.165) is 24.8 Å². The molecule has 0 heterocycles. The summed E-state index contributed by atoms with van der Waals surface area (Å²) < 4.78 is 11.0. The number of allylic oxidation sites excluding steroid dienone is 4. The van der Waals surface area contributed by atoms with Crippen molar-refractivity contribution in [1.82, 2.24) is 0 Å². The molecule has 0 fully saturated rings. The molecule has 0 amide bonds. The molecule has 1 aromatic carbocycles. The fourth-order valence-electron chi connectivity index (χ4n) is 3.06. The molecule has 0 spiro atoms. The van der Waals surface area contributed by atoms with Crippen LogP contribution in [0.4, 0.5) is 0 Å². The van der Waals surface area contributed by atoms with E-state index >= 15 is 0 Å². The average Bonchev–Trinajstić information content (AvgIpc) is 2.71. The third-order valence-corrected chi connectivity index (χ3v) is 4.57. The molecule has 2 rings (SSSR count). The van der Waals surface area contributed by atoms with Crippen molar-refractivity contribution in [1.29, 1.82) is 0 Å². The normalized spacial score (nSPS) is 13.2.